The second-order valence-corrected chi connectivity index (χ2v) is 3.98. The van der Waals surface area contributed by atoms with E-state index in [2.05, 4.69) is 25.0 Å². The molecule has 0 unspecified atom stereocenters. The lowest BCUT2D eigenvalue weighted by molar-refractivity contribution is 0.640. The molecule has 0 bridgehead atoms. The summed E-state index contributed by atoms with van der Waals surface area (Å²) in [6.45, 7) is 7.13. The van der Waals surface area contributed by atoms with E-state index in [0.29, 0.717) is 0 Å². The molecule has 0 radical (unpaired) electrons. The number of hydrogen-bond donors (Lipinski definition) is 1. The first kappa shape index (κ1) is 10.7. The molecule has 0 fully saturated rings. The molecule has 0 spiro atoms. The summed E-state index contributed by atoms with van der Waals surface area (Å²) in [5.41, 5.74) is 11.4. The summed E-state index contributed by atoms with van der Waals surface area (Å²) in [6, 6.07) is 6.01. The molecule has 0 amide bonds. The van der Waals surface area contributed by atoms with Crippen molar-refractivity contribution >= 4 is 5.69 Å². The lowest BCUT2D eigenvalue weighted by Crippen LogP contribution is -1.99. The Bertz CT molecular complexity index is 512. The second-order valence-electron chi connectivity index (χ2n) is 3.98. The van der Waals surface area contributed by atoms with Crippen molar-refractivity contribution in [2.24, 2.45) is 0 Å². The summed E-state index contributed by atoms with van der Waals surface area (Å²) in [7, 11) is 0. The second kappa shape index (κ2) is 4.00. The minimum Gasteiger partial charge on any atom is -0.398 e. The molecule has 16 heavy (non-hydrogen) atoms. The van der Waals surface area contributed by atoms with Crippen LogP contribution in [0.4, 0.5) is 5.69 Å². The molecule has 0 saturated carbocycles. The Morgan fingerprint density at radius 1 is 1.25 bits per heavy atom. The third-order valence-electron chi connectivity index (χ3n) is 3.07. The van der Waals surface area contributed by atoms with Crippen LogP contribution < -0.4 is 5.73 Å². The molecule has 2 aromatic rings. The minimum atomic E-state index is 0.834. The Morgan fingerprint density at radius 2 is 2.00 bits per heavy atom. The van der Waals surface area contributed by atoms with Gasteiger partial charge in [-0.15, -0.1) is 0 Å². The van der Waals surface area contributed by atoms with E-state index < -0.39 is 0 Å². The van der Waals surface area contributed by atoms with Gasteiger partial charge in [0.25, 0.3) is 0 Å². The van der Waals surface area contributed by atoms with Gasteiger partial charge >= 0.3 is 0 Å². The van der Waals surface area contributed by atoms with E-state index >= 15 is 0 Å². The van der Waals surface area contributed by atoms with Crippen molar-refractivity contribution in [3.05, 3.63) is 35.7 Å². The molecule has 2 rings (SSSR count). The van der Waals surface area contributed by atoms with Gasteiger partial charge in [0, 0.05) is 23.5 Å². The van der Waals surface area contributed by atoms with Crippen LogP contribution >= 0.6 is 0 Å². The van der Waals surface area contributed by atoms with Crippen LogP contribution in [0.2, 0.25) is 0 Å². The van der Waals surface area contributed by atoms with Crippen molar-refractivity contribution in [1.29, 1.82) is 0 Å². The highest BCUT2D eigenvalue weighted by Crippen LogP contribution is 2.29. The normalized spacial score (nSPS) is 10.7. The molecule has 2 N–H and O–H groups in total. The number of nitrogen functional groups attached to an aromatic ring is 1. The van der Waals surface area contributed by atoms with E-state index in [-0.39, 0.29) is 0 Å². The maximum atomic E-state index is 5.92. The van der Waals surface area contributed by atoms with Crippen LogP contribution in [0, 0.1) is 13.8 Å². The van der Waals surface area contributed by atoms with Crippen LogP contribution in [0.3, 0.4) is 0 Å². The number of anilines is 1. The topological polar surface area (TPSA) is 43.8 Å². The predicted octanol–water partition coefficient (Wildman–Crippen LogP) is 2.77. The summed E-state index contributed by atoms with van der Waals surface area (Å²) in [5.74, 6) is 0. The molecule has 0 saturated heterocycles. The number of aromatic nitrogens is 2. The zero-order chi connectivity index (χ0) is 11.7. The largest absolute Gasteiger partial charge is 0.398 e. The molecule has 84 valence electrons. The van der Waals surface area contributed by atoms with Gasteiger partial charge in [-0.05, 0) is 38.0 Å². The van der Waals surface area contributed by atoms with Crippen molar-refractivity contribution in [3.8, 4) is 11.1 Å². The fourth-order valence-corrected chi connectivity index (χ4v) is 1.98. The van der Waals surface area contributed by atoms with E-state index in [1.54, 1.807) is 0 Å². The molecular weight excluding hydrogens is 198 g/mol. The lowest BCUT2D eigenvalue weighted by atomic mass is 10.0. The zero-order valence-electron chi connectivity index (χ0n) is 9.99. The third kappa shape index (κ3) is 1.58. The number of hydrogen-bond acceptors (Lipinski definition) is 2. The summed E-state index contributed by atoms with van der Waals surface area (Å²) >= 11 is 0. The summed E-state index contributed by atoms with van der Waals surface area (Å²) in [5, 5.41) is 4.36. The standard InChI is InChI=1S/C13H17N3/c1-4-16-10(3)12(8-15-16)11-6-5-7-13(14)9(11)2/h5-8H,4,14H2,1-3H3. The maximum absolute atomic E-state index is 5.92. The number of aryl methyl sites for hydroxylation is 1. The number of nitrogens with zero attached hydrogens (tertiary/aromatic N) is 2. The highest BCUT2D eigenvalue weighted by Gasteiger charge is 2.10. The SMILES string of the molecule is CCn1ncc(-c2cccc(N)c2C)c1C. The smallest absolute Gasteiger partial charge is 0.0571 e. The first-order valence-electron chi connectivity index (χ1n) is 5.53. The molecule has 3 nitrogen and oxygen atoms in total. The number of benzene rings is 1. The molecule has 0 aliphatic carbocycles. The fraction of sp³-hybridized carbons (Fsp3) is 0.308. The van der Waals surface area contributed by atoms with Gasteiger partial charge < -0.3 is 5.73 Å². The first-order chi connectivity index (χ1) is 7.65. The van der Waals surface area contributed by atoms with Crippen molar-refractivity contribution in [2.75, 3.05) is 5.73 Å². The highest BCUT2D eigenvalue weighted by molar-refractivity contribution is 5.73. The van der Waals surface area contributed by atoms with E-state index in [4.69, 9.17) is 5.73 Å². The molecule has 0 atom stereocenters. The van der Waals surface area contributed by atoms with Crippen molar-refractivity contribution < 1.29 is 0 Å². The Morgan fingerprint density at radius 3 is 2.62 bits per heavy atom. The molecule has 1 heterocycles. The molecule has 0 aliphatic heterocycles. The van der Waals surface area contributed by atoms with Crippen molar-refractivity contribution in [2.45, 2.75) is 27.3 Å². The maximum Gasteiger partial charge on any atom is 0.0571 e. The Labute approximate surface area is 95.9 Å². The van der Waals surface area contributed by atoms with Gasteiger partial charge in [0.05, 0.1) is 6.20 Å². The minimum absolute atomic E-state index is 0.834. The molecule has 1 aromatic carbocycles. The third-order valence-corrected chi connectivity index (χ3v) is 3.07. The van der Waals surface area contributed by atoms with Gasteiger partial charge in [0.1, 0.15) is 0 Å². The van der Waals surface area contributed by atoms with Gasteiger partial charge in [-0.2, -0.15) is 5.10 Å². The number of rotatable bonds is 2. The summed E-state index contributed by atoms with van der Waals surface area (Å²) in [6.07, 6.45) is 1.92. The lowest BCUT2D eigenvalue weighted by Gasteiger charge is -2.08. The van der Waals surface area contributed by atoms with Gasteiger partial charge in [0.2, 0.25) is 0 Å². The van der Waals surface area contributed by atoms with Crippen LogP contribution in [-0.2, 0) is 6.54 Å². The van der Waals surface area contributed by atoms with Gasteiger partial charge in [-0.3, -0.25) is 4.68 Å². The average molecular weight is 215 g/mol. The zero-order valence-corrected chi connectivity index (χ0v) is 9.99. The summed E-state index contributed by atoms with van der Waals surface area (Å²) < 4.78 is 2.00. The Kier molecular flexibility index (Phi) is 2.69. The Hall–Kier alpha value is -1.77. The van der Waals surface area contributed by atoms with Gasteiger partial charge in [-0.1, -0.05) is 12.1 Å². The van der Waals surface area contributed by atoms with Crippen LogP contribution in [0.1, 0.15) is 18.2 Å². The first-order valence-corrected chi connectivity index (χ1v) is 5.53. The monoisotopic (exact) mass is 215 g/mol. The summed E-state index contributed by atoms with van der Waals surface area (Å²) in [4.78, 5) is 0. The van der Waals surface area contributed by atoms with Crippen LogP contribution in [0.25, 0.3) is 11.1 Å². The van der Waals surface area contributed by atoms with Gasteiger partial charge in [-0.25, -0.2) is 0 Å². The van der Waals surface area contributed by atoms with Gasteiger partial charge in [0.15, 0.2) is 0 Å². The molecule has 0 aliphatic rings. The molecule has 1 aromatic heterocycles. The Balaban J connectivity index is 2.59. The molecular formula is C13H17N3. The number of nitrogens with two attached hydrogens (primary N) is 1. The van der Waals surface area contributed by atoms with E-state index in [1.807, 2.05) is 29.9 Å². The van der Waals surface area contributed by atoms with E-state index in [1.165, 1.54) is 16.8 Å². The fourth-order valence-electron chi connectivity index (χ4n) is 1.98. The van der Waals surface area contributed by atoms with Crippen LogP contribution in [-0.4, -0.2) is 9.78 Å². The van der Waals surface area contributed by atoms with Crippen LogP contribution in [0.5, 0.6) is 0 Å². The van der Waals surface area contributed by atoms with Crippen LogP contribution in [0.15, 0.2) is 24.4 Å². The van der Waals surface area contributed by atoms with Crippen molar-refractivity contribution in [3.63, 3.8) is 0 Å². The van der Waals surface area contributed by atoms with E-state index in [0.717, 1.165) is 17.8 Å². The molecule has 3 heteroatoms. The quantitative estimate of drug-likeness (QED) is 0.783. The predicted molar refractivity (Wildman–Crippen MR) is 67.2 cm³/mol. The van der Waals surface area contributed by atoms with Crippen molar-refractivity contribution in [1.82, 2.24) is 9.78 Å². The highest BCUT2D eigenvalue weighted by atomic mass is 15.3. The van der Waals surface area contributed by atoms with E-state index in [9.17, 15) is 0 Å². The average Bonchev–Trinajstić information content (AvgIpc) is 2.64.